The Bertz CT molecular complexity index is 1090. The lowest BCUT2D eigenvalue weighted by molar-refractivity contribution is 0.0952. The van der Waals surface area contributed by atoms with E-state index in [0.717, 1.165) is 13.0 Å². The quantitative estimate of drug-likeness (QED) is 0.510. The van der Waals surface area contributed by atoms with Crippen LogP contribution in [0.25, 0.3) is 0 Å². The molecule has 2 N–H and O–H groups in total. The molecule has 30 heavy (non-hydrogen) atoms. The minimum atomic E-state index is -3.86. The average molecular weight is 429 g/mol. The van der Waals surface area contributed by atoms with Crippen LogP contribution in [0.5, 0.6) is 5.75 Å². The fraction of sp³-hybridized carbons (Fsp3) is 0.238. The van der Waals surface area contributed by atoms with Crippen LogP contribution >= 0.6 is 0 Å². The molecule has 3 rings (SSSR count). The molecule has 0 spiro atoms. The summed E-state index contributed by atoms with van der Waals surface area (Å²) in [6.45, 7) is 2.89. The van der Waals surface area contributed by atoms with Gasteiger partial charge in [0.2, 0.25) is 0 Å². The average Bonchev–Trinajstić information content (AvgIpc) is 3.25. The molecule has 1 aromatic heterocycles. The highest BCUT2D eigenvalue weighted by atomic mass is 32.2. The van der Waals surface area contributed by atoms with Gasteiger partial charge in [-0.15, -0.1) is 0 Å². The molecule has 158 valence electrons. The van der Waals surface area contributed by atoms with E-state index >= 15 is 0 Å². The number of ether oxygens (including phenoxy) is 1. The van der Waals surface area contributed by atoms with Gasteiger partial charge in [0.25, 0.3) is 15.9 Å². The number of anilines is 1. The van der Waals surface area contributed by atoms with Crippen molar-refractivity contribution in [1.29, 1.82) is 0 Å². The van der Waals surface area contributed by atoms with Gasteiger partial charge in [0.1, 0.15) is 5.75 Å². The first-order valence-corrected chi connectivity index (χ1v) is 10.9. The van der Waals surface area contributed by atoms with Crippen LogP contribution in [0.3, 0.4) is 0 Å². The normalized spacial score (nSPS) is 11.1. The Morgan fingerprint density at radius 2 is 1.93 bits per heavy atom. The van der Waals surface area contributed by atoms with E-state index in [4.69, 9.17) is 4.74 Å². The minimum absolute atomic E-state index is 0.0596. The number of rotatable bonds is 9. The molecule has 0 unspecified atom stereocenters. The number of nitrogens with one attached hydrogen (secondary N) is 2. The number of hydrogen-bond donors (Lipinski definition) is 2. The molecule has 0 saturated carbocycles. The van der Waals surface area contributed by atoms with Gasteiger partial charge in [0, 0.05) is 36.7 Å². The van der Waals surface area contributed by atoms with E-state index in [1.807, 2.05) is 10.8 Å². The third-order valence-corrected chi connectivity index (χ3v) is 6.04. The summed E-state index contributed by atoms with van der Waals surface area (Å²) in [6, 6.07) is 11.2. The van der Waals surface area contributed by atoms with Crippen LogP contribution in [-0.4, -0.2) is 37.5 Å². The summed E-state index contributed by atoms with van der Waals surface area (Å²) in [4.78, 5) is 16.5. The molecular formula is C21H24N4O4S. The summed E-state index contributed by atoms with van der Waals surface area (Å²) in [7, 11) is -2.32. The van der Waals surface area contributed by atoms with Crippen molar-refractivity contribution in [3.63, 3.8) is 0 Å². The molecule has 0 aliphatic rings. The number of sulfonamides is 1. The monoisotopic (exact) mass is 428 g/mol. The van der Waals surface area contributed by atoms with E-state index in [2.05, 4.69) is 15.0 Å². The van der Waals surface area contributed by atoms with Crippen molar-refractivity contribution in [2.45, 2.75) is 24.8 Å². The van der Waals surface area contributed by atoms with Gasteiger partial charge >= 0.3 is 0 Å². The van der Waals surface area contributed by atoms with E-state index in [0.29, 0.717) is 29.1 Å². The Labute approximate surface area is 176 Å². The van der Waals surface area contributed by atoms with E-state index in [9.17, 15) is 13.2 Å². The molecule has 3 aromatic rings. The predicted octanol–water partition coefficient (Wildman–Crippen LogP) is 2.82. The molecule has 8 nitrogen and oxygen atoms in total. The lowest BCUT2D eigenvalue weighted by atomic mass is 10.1. The van der Waals surface area contributed by atoms with Gasteiger partial charge in [0.05, 0.1) is 18.3 Å². The number of benzene rings is 2. The standard InChI is InChI=1S/C21H24N4O4S/c1-16-4-5-17(21(26)23-10-3-12-25-13-11-22-15-25)14-20(16)30(27,28)24-18-6-8-19(29-2)9-7-18/h4-9,11,13-15,24H,3,10,12H2,1-2H3,(H,23,26). The molecule has 1 heterocycles. The molecule has 1 amide bonds. The van der Waals surface area contributed by atoms with Gasteiger partial charge in [-0.3, -0.25) is 9.52 Å². The van der Waals surface area contributed by atoms with Crippen LogP contribution < -0.4 is 14.8 Å². The maximum Gasteiger partial charge on any atom is 0.262 e. The number of methoxy groups -OCH3 is 1. The minimum Gasteiger partial charge on any atom is -0.497 e. The number of imidazole rings is 1. The summed E-state index contributed by atoms with van der Waals surface area (Å²) in [6.07, 6.45) is 6.01. The van der Waals surface area contributed by atoms with Crippen molar-refractivity contribution < 1.29 is 17.9 Å². The van der Waals surface area contributed by atoms with Gasteiger partial charge in [0.15, 0.2) is 0 Å². The molecule has 9 heteroatoms. The number of carbonyl (C=O) groups is 1. The summed E-state index contributed by atoms with van der Waals surface area (Å²) in [5.74, 6) is 0.308. The zero-order chi connectivity index (χ0) is 21.6. The predicted molar refractivity (Wildman–Crippen MR) is 114 cm³/mol. The first kappa shape index (κ1) is 21.4. The first-order valence-electron chi connectivity index (χ1n) is 9.40. The van der Waals surface area contributed by atoms with Crippen LogP contribution in [-0.2, 0) is 16.6 Å². The van der Waals surface area contributed by atoms with Crippen LogP contribution in [0.15, 0.2) is 66.1 Å². The van der Waals surface area contributed by atoms with E-state index in [1.54, 1.807) is 55.8 Å². The van der Waals surface area contributed by atoms with Gasteiger partial charge in [-0.2, -0.15) is 0 Å². The number of amides is 1. The zero-order valence-corrected chi connectivity index (χ0v) is 17.6. The van der Waals surface area contributed by atoms with Crippen molar-refractivity contribution >= 4 is 21.6 Å². The third kappa shape index (κ3) is 5.38. The molecule has 0 aliphatic carbocycles. The Hall–Kier alpha value is -3.33. The molecule has 0 aliphatic heterocycles. The molecule has 0 fully saturated rings. The van der Waals surface area contributed by atoms with E-state index in [1.165, 1.54) is 13.2 Å². The third-order valence-electron chi connectivity index (χ3n) is 4.52. The van der Waals surface area contributed by atoms with Crippen molar-refractivity contribution in [3.05, 3.63) is 72.3 Å². The summed E-state index contributed by atoms with van der Waals surface area (Å²) < 4.78 is 35.3. The summed E-state index contributed by atoms with van der Waals surface area (Å²) >= 11 is 0. The lowest BCUT2D eigenvalue weighted by Crippen LogP contribution is -2.25. The van der Waals surface area contributed by atoms with Gasteiger partial charge in [-0.05, 0) is 55.3 Å². The second kappa shape index (κ2) is 9.45. The second-order valence-electron chi connectivity index (χ2n) is 6.72. The zero-order valence-electron chi connectivity index (χ0n) is 16.8. The highest BCUT2D eigenvalue weighted by molar-refractivity contribution is 7.92. The highest BCUT2D eigenvalue weighted by Gasteiger charge is 2.19. The smallest absolute Gasteiger partial charge is 0.262 e. The van der Waals surface area contributed by atoms with Crippen molar-refractivity contribution in [2.75, 3.05) is 18.4 Å². The maximum atomic E-state index is 12.9. The highest BCUT2D eigenvalue weighted by Crippen LogP contribution is 2.22. The fourth-order valence-corrected chi connectivity index (χ4v) is 4.22. The molecule has 2 aromatic carbocycles. The number of aromatic nitrogens is 2. The lowest BCUT2D eigenvalue weighted by Gasteiger charge is -2.13. The molecule has 0 atom stereocenters. The summed E-state index contributed by atoms with van der Waals surface area (Å²) in [5, 5.41) is 2.82. The molecule has 0 bridgehead atoms. The van der Waals surface area contributed by atoms with Crippen molar-refractivity contribution in [2.24, 2.45) is 0 Å². The summed E-state index contributed by atoms with van der Waals surface area (Å²) in [5.41, 5.74) is 1.25. The molecular weight excluding hydrogens is 404 g/mol. The van der Waals surface area contributed by atoms with Gasteiger partial charge in [-0.1, -0.05) is 6.07 Å². The maximum absolute atomic E-state index is 12.9. The van der Waals surface area contributed by atoms with Gasteiger partial charge in [-0.25, -0.2) is 13.4 Å². The Balaban J connectivity index is 1.67. The van der Waals surface area contributed by atoms with E-state index < -0.39 is 10.0 Å². The number of nitrogens with zero attached hydrogens (tertiary/aromatic N) is 2. The van der Waals surface area contributed by atoms with Crippen LogP contribution in [0.1, 0.15) is 22.3 Å². The Morgan fingerprint density at radius 1 is 1.17 bits per heavy atom. The van der Waals surface area contributed by atoms with Crippen LogP contribution in [0.4, 0.5) is 5.69 Å². The van der Waals surface area contributed by atoms with Crippen molar-refractivity contribution in [3.8, 4) is 5.75 Å². The number of hydrogen-bond acceptors (Lipinski definition) is 5. The fourth-order valence-electron chi connectivity index (χ4n) is 2.88. The van der Waals surface area contributed by atoms with Crippen LogP contribution in [0, 0.1) is 6.92 Å². The SMILES string of the molecule is COc1ccc(NS(=O)(=O)c2cc(C(=O)NCCCn3ccnc3)ccc2C)cc1. The number of carbonyl (C=O) groups excluding carboxylic acids is 1. The topological polar surface area (TPSA) is 102 Å². The first-order chi connectivity index (χ1) is 14.4. The second-order valence-corrected chi connectivity index (χ2v) is 8.38. The largest absolute Gasteiger partial charge is 0.497 e. The molecule has 0 radical (unpaired) electrons. The van der Waals surface area contributed by atoms with Gasteiger partial charge < -0.3 is 14.6 Å². The van der Waals surface area contributed by atoms with Crippen molar-refractivity contribution in [1.82, 2.24) is 14.9 Å². The van der Waals surface area contributed by atoms with Crippen LogP contribution in [0.2, 0.25) is 0 Å². The molecule has 0 saturated heterocycles. The Morgan fingerprint density at radius 3 is 2.60 bits per heavy atom. The Kier molecular flexibility index (Phi) is 6.73. The number of aryl methyl sites for hydroxylation is 2. The van der Waals surface area contributed by atoms with E-state index in [-0.39, 0.29) is 10.8 Å².